The highest BCUT2D eigenvalue weighted by molar-refractivity contribution is 5.74. The van der Waals surface area contributed by atoms with Gasteiger partial charge in [-0.15, -0.1) is 0 Å². The fraction of sp³-hybridized carbons (Fsp3) is 0.600. The van der Waals surface area contributed by atoms with Crippen LogP contribution in [0, 0.1) is 5.92 Å². The fourth-order valence-electron chi connectivity index (χ4n) is 2.30. The Morgan fingerprint density at radius 1 is 1.52 bits per heavy atom. The van der Waals surface area contributed by atoms with E-state index in [2.05, 4.69) is 20.5 Å². The van der Waals surface area contributed by atoms with Gasteiger partial charge in [0.25, 0.3) is 0 Å². The molecular weight excluding hydrogens is 268 g/mol. The predicted molar refractivity (Wildman–Crippen MR) is 82.2 cm³/mol. The van der Waals surface area contributed by atoms with Crippen molar-refractivity contribution >= 4 is 11.8 Å². The number of nitrogens with one attached hydrogen (secondary N) is 2. The first-order valence-corrected chi connectivity index (χ1v) is 7.44. The average Bonchev–Trinajstić information content (AvgIpc) is 2.94. The van der Waals surface area contributed by atoms with Crippen LogP contribution in [0.2, 0.25) is 0 Å². The van der Waals surface area contributed by atoms with Gasteiger partial charge >= 0.3 is 6.03 Å². The second-order valence-corrected chi connectivity index (χ2v) is 5.79. The smallest absolute Gasteiger partial charge is 0.315 e. The van der Waals surface area contributed by atoms with Crippen LogP contribution in [0.4, 0.5) is 10.6 Å². The zero-order valence-corrected chi connectivity index (χ0v) is 12.6. The Kier molecular flexibility index (Phi) is 5.38. The number of aromatic nitrogens is 1. The maximum absolute atomic E-state index is 11.8. The van der Waals surface area contributed by atoms with Crippen LogP contribution in [-0.4, -0.2) is 47.9 Å². The van der Waals surface area contributed by atoms with E-state index < -0.39 is 6.10 Å². The lowest BCUT2D eigenvalue weighted by atomic mass is 10.1. The molecule has 2 amide bonds. The Bertz CT molecular complexity index is 452. The summed E-state index contributed by atoms with van der Waals surface area (Å²) < 4.78 is 0. The number of anilines is 1. The van der Waals surface area contributed by atoms with E-state index in [1.54, 1.807) is 6.20 Å². The Morgan fingerprint density at radius 3 is 3.00 bits per heavy atom. The monoisotopic (exact) mass is 292 g/mol. The Hall–Kier alpha value is -1.82. The van der Waals surface area contributed by atoms with E-state index >= 15 is 0 Å². The molecule has 2 heterocycles. The van der Waals surface area contributed by atoms with Gasteiger partial charge in [0.05, 0.1) is 6.10 Å². The van der Waals surface area contributed by atoms with Gasteiger partial charge in [0.2, 0.25) is 0 Å². The zero-order chi connectivity index (χ0) is 15.2. The molecule has 1 aromatic heterocycles. The summed E-state index contributed by atoms with van der Waals surface area (Å²) in [7, 11) is 0. The summed E-state index contributed by atoms with van der Waals surface area (Å²) >= 11 is 0. The van der Waals surface area contributed by atoms with Gasteiger partial charge in [-0.1, -0.05) is 19.9 Å². The molecule has 6 nitrogen and oxygen atoms in total. The summed E-state index contributed by atoms with van der Waals surface area (Å²) in [5.74, 6) is 1.08. The highest BCUT2D eigenvalue weighted by Gasteiger charge is 2.24. The number of carbonyl (C=O) groups is 1. The third kappa shape index (κ3) is 4.60. The summed E-state index contributed by atoms with van der Waals surface area (Å²) in [5.41, 5.74) is 0. The molecule has 1 aliphatic heterocycles. The number of nitrogens with zero attached hydrogens (tertiary/aromatic N) is 2. The lowest BCUT2D eigenvalue weighted by Gasteiger charge is -2.19. The van der Waals surface area contributed by atoms with E-state index in [9.17, 15) is 9.90 Å². The molecule has 6 heteroatoms. The van der Waals surface area contributed by atoms with Crippen LogP contribution >= 0.6 is 0 Å². The van der Waals surface area contributed by atoms with Gasteiger partial charge in [0, 0.05) is 31.9 Å². The van der Waals surface area contributed by atoms with Crippen LogP contribution < -0.4 is 15.5 Å². The van der Waals surface area contributed by atoms with Crippen LogP contribution in [0.1, 0.15) is 20.3 Å². The molecule has 1 fully saturated rings. The summed E-state index contributed by atoms with van der Waals surface area (Å²) in [6, 6.07) is 5.72. The van der Waals surface area contributed by atoms with E-state index in [4.69, 9.17) is 0 Å². The number of carbonyl (C=O) groups excluding carboxylic acids is 1. The van der Waals surface area contributed by atoms with Gasteiger partial charge in [-0.3, -0.25) is 0 Å². The van der Waals surface area contributed by atoms with Crippen molar-refractivity contribution in [3.8, 4) is 0 Å². The average molecular weight is 292 g/mol. The second kappa shape index (κ2) is 7.26. The van der Waals surface area contributed by atoms with Gasteiger partial charge in [-0.25, -0.2) is 9.78 Å². The van der Waals surface area contributed by atoms with Crippen LogP contribution in [0.3, 0.4) is 0 Å². The van der Waals surface area contributed by atoms with E-state index in [0.29, 0.717) is 0 Å². The van der Waals surface area contributed by atoms with Crippen LogP contribution in [-0.2, 0) is 0 Å². The quantitative estimate of drug-likeness (QED) is 0.756. The third-order valence-electron chi connectivity index (χ3n) is 3.74. The Labute approximate surface area is 125 Å². The van der Waals surface area contributed by atoms with Crippen molar-refractivity contribution in [2.45, 2.75) is 32.4 Å². The van der Waals surface area contributed by atoms with E-state index in [0.717, 1.165) is 25.3 Å². The molecule has 0 aromatic carbocycles. The van der Waals surface area contributed by atoms with Crippen molar-refractivity contribution in [1.29, 1.82) is 0 Å². The van der Waals surface area contributed by atoms with E-state index in [1.807, 2.05) is 32.0 Å². The molecule has 0 aliphatic carbocycles. The van der Waals surface area contributed by atoms with Gasteiger partial charge in [0.1, 0.15) is 5.82 Å². The van der Waals surface area contributed by atoms with Crippen molar-refractivity contribution in [3.63, 3.8) is 0 Å². The standard InChI is InChI=1S/C15H24N4O2/c1-11(2)13(20)9-17-15(21)18-12-6-8-19(10-12)14-5-3-4-7-16-14/h3-5,7,11-13,20H,6,8-10H2,1-2H3,(H2,17,18,21). The highest BCUT2D eigenvalue weighted by atomic mass is 16.3. The molecule has 1 saturated heterocycles. The van der Waals surface area contributed by atoms with Gasteiger partial charge in [-0.05, 0) is 24.5 Å². The van der Waals surface area contributed by atoms with Crippen molar-refractivity contribution in [2.75, 3.05) is 24.5 Å². The molecule has 0 saturated carbocycles. The Balaban J connectivity index is 1.74. The minimum absolute atomic E-state index is 0.114. The largest absolute Gasteiger partial charge is 0.391 e. The fourth-order valence-corrected chi connectivity index (χ4v) is 2.30. The highest BCUT2D eigenvalue weighted by Crippen LogP contribution is 2.17. The minimum atomic E-state index is -0.510. The number of hydrogen-bond donors (Lipinski definition) is 3. The third-order valence-corrected chi connectivity index (χ3v) is 3.74. The molecule has 116 valence electrons. The number of hydrogen-bond acceptors (Lipinski definition) is 4. The molecule has 2 atom stereocenters. The predicted octanol–water partition coefficient (Wildman–Crippen LogP) is 0.976. The van der Waals surface area contributed by atoms with Crippen molar-refractivity contribution in [2.24, 2.45) is 5.92 Å². The van der Waals surface area contributed by atoms with Gasteiger partial charge in [-0.2, -0.15) is 0 Å². The number of pyridine rings is 1. The molecule has 2 rings (SSSR count). The van der Waals surface area contributed by atoms with Crippen molar-refractivity contribution in [1.82, 2.24) is 15.6 Å². The number of amides is 2. The maximum Gasteiger partial charge on any atom is 0.315 e. The number of rotatable bonds is 5. The summed E-state index contributed by atoms with van der Waals surface area (Å²) in [5, 5.41) is 15.3. The minimum Gasteiger partial charge on any atom is -0.391 e. The number of aliphatic hydroxyl groups excluding tert-OH is 1. The molecule has 2 unspecified atom stereocenters. The number of urea groups is 1. The zero-order valence-electron chi connectivity index (χ0n) is 12.6. The topological polar surface area (TPSA) is 77.5 Å². The maximum atomic E-state index is 11.8. The summed E-state index contributed by atoms with van der Waals surface area (Å²) in [4.78, 5) is 18.3. The Morgan fingerprint density at radius 2 is 2.33 bits per heavy atom. The lowest BCUT2D eigenvalue weighted by molar-refractivity contribution is 0.124. The SMILES string of the molecule is CC(C)C(O)CNC(=O)NC1CCN(c2ccccn2)C1. The first kappa shape index (κ1) is 15.6. The molecular formula is C15H24N4O2. The molecule has 1 aromatic rings. The molecule has 1 aliphatic rings. The first-order chi connectivity index (χ1) is 10.1. The van der Waals surface area contributed by atoms with Crippen LogP contribution in [0.25, 0.3) is 0 Å². The summed E-state index contributed by atoms with van der Waals surface area (Å²) in [6.45, 7) is 5.77. The molecule has 21 heavy (non-hydrogen) atoms. The molecule has 3 N–H and O–H groups in total. The molecule has 0 radical (unpaired) electrons. The molecule has 0 bridgehead atoms. The summed E-state index contributed by atoms with van der Waals surface area (Å²) in [6.07, 6.45) is 2.16. The normalized spacial score (nSPS) is 19.6. The van der Waals surface area contributed by atoms with Crippen LogP contribution in [0.5, 0.6) is 0 Å². The van der Waals surface area contributed by atoms with Crippen molar-refractivity contribution in [3.05, 3.63) is 24.4 Å². The van der Waals surface area contributed by atoms with Gasteiger partial charge < -0.3 is 20.6 Å². The first-order valence-electron chi connectivity index (χ1n) is 7.44. The van der Waals surface area contributed by atoms with E-state index in [1.165, 1.54) is 0 Å². The molecule has 0 spiro atoms. The van der Waals surface area contributed by atoms with Crippen LogP contribution in [0.15, 0.2) is 24.4 Å². The van der Waals surface area contributed by atoms with E-state index in [-0.39, 0.29) is 24.5 Å². The lowest BCUT2D eigenvalue weighted by Crippen LogP contribution is -2.46. The van der Waals surface area contributed by atoms with Crippen molar-refractivity contribution < 1.29 is 9.90 Å². The number of aliphatic hydroxyl groups is 1. The second-order valence-electron chi connectivity index (χ2n) is 5.79. The van der Waals surface area contributed by atoms with Gasteiger partial charge in [0.15, 0.2) is 0 Å².